The predicted molar refractivity (Wildman–Crippen MR) is 180 cm³/mol. The standard InChI is InChI=1S/C20H17ClF3N3O2.C16H16N2O3/c21-14-3-5-15(6-4-14)29-16-7-8-17(18(9-16)20(22,23)24)19(28,13-1-2-13)10-27-12-25-11-26-27;1-17-16(19)15(18-20-2)13-10-6-7-11-14(13)21-12-8-4-3-5-9-12/h3-9,11-13,28H,1-2,10H2;3-11H,1-2H3,(H,17,19)/b;18-15+. The van der Waals surface area contributed by atoms with Gasteiger partial charge in [0.25, 0.3) is 5.91 Å². The average Bonchev–Trinajstić information content (AvgIpc) is 3.86. The zero-order valence-electron chi connectivity index (χ0n) is 27.0. The number of nitrogens with zero attached hydrogens (tertiary/aromatic N) is 4. The molecular weight excluding hydrogens is 675 g/mol. The van der Waals surface area contributed by atoms with Crippen LogP contribution in [0.15, 0.2) is 115 Å². The van der Waals surface area contributed by atoms with Crippen molar-refractivity contribution in [2.75, 3.05) is 14.2 Å². The molecule has 1 fully saturated rings. The molecule has 1 aliphatic carbocycles. The number of rotatable bonds is 11. The van der Waals surface area contributed by atoms with Gasteiger partial charge in [0.05, 0.1) is 17.7 Å². The molecule has 1 amide bonds. The number of para-hydroxylation sites is 2. The average molecular weight is 708 g/mol. The summed E-state index contributed by atoms with van der Waals surface area (Å²) in [6.45, 7) is -0.113. The van der Waals surface area contributed by atoms with Gasteiger partial charge in [0.2, 0.25) is 0 Å². The highest BCUT2D eigenvalue weighted by Gasteiger charge is 2.50. The second-order valence-electron chi connectivity index (χ2n) is 11.2. The Morgan fingerprint density at radius 3 is 2.22 bits per heavy atom. The highest BCUT2D eigenvalue weighted by Crippen LogP contribution is 2.50. The van der Waals surface area contributed by atoms with Gasteiger partial charge < -0.3 is 24.7 Å². The second-order valence-corrected chi connectivity index (χ2v) is 11.6. The van der Waals surface area contributed by atoms with Crippen LogP contribution >= 0.6 is 11.6 Å². The Labute approximate surface area is 291 Å². The van der Waals surface area contributed by atoms with Gasteiger partial charge in [0.15, 0.2) is 5.71 Å². The van der Waals surface area contributed by atoms with Crippen LogP contribution in [0.2, 0.25) is 5.02 Å². The minimum atomic E-state index is -4.67. The van der Waals surface area contributed by atoms with Gasteiger partial charge in [-0.05, 0) is 85.0 Å². The fourth-order valence-corrected chi connectivity index (χ4v) is 5.31. The molecule has 10 nitrogen and oxygen atoms in total. The van der Waals surface area contributed by atoms with Gasteiger partial charge in [-0.25, -0.2) is 9.67 Å². The molecule has 1 atom stereocenters. The van der Waals surface area contributed by atoms with Crippen LogP contribution in [0.4, 0.5) is 13.2 Å². The molecule has 260 valence electrons. The Morgan fingerprint density at radius 1 is 0.940 bits per heavy atom. The molecule has 1 heterocycles. The number of halogens is 4. The molecular formula is C36H33ClF3N5O5. The van der Waals surface area contributed by atoms with Crippen LogP contribution < -0.4 is 14.8 Å². The number of alkyl halides is 3. The number of carbonyl (C=O) groups is 1. The highest BCUT2D eigenvalue weighted by atomic mass is 35.5. The molecule has 6 rings (SSSR count). The van der Waals surface area contributed by atoms with Crippen molar-refractivity contribution in [3.8, 4) is 23.0 Å². The van der Waals surface area contributed by atoms with Crippen LogP contribution in [-0.2, 0) is 28.0 Å². The van der Waals surface area contributed by atoms with Crippen LogP contribution in [0.5, 0.6) is 23.0 Å². The lowest BCUT2D eigenvalue weighted by Gasteiger charge is -2.31. The van der Waals surface area contributed by atoms with Gasteiger partial charge in [-0.15, -0.1) is 0 Å². The number of carbonyl (C=O) groups excluding carboxylic acids is 1. The van der Waals surface area contributed by atoms with E-state index in [1.807, 2.05) is 36.4 Å². The van der Waals surface area contributed by atoms with Gasteiger partial charge in [0.1, 0.15) is 48.4 Å². The monoisotopic (exact) mass is 707 g/mol. The SMILES string of the molecule is CNC(=O)/C(=N/OC)c1ccccc1Oc1ccccc1.OC(Cn1cncn1)(c1ccc(Oc2ccc(Cl)cc2)cc1C(F)(F)F)C1CC1. The maximum absolute atomic E-state index is 13.9. The molecule has 1 aliphatic rings. The number of benzene rings is 4. The topological polar surface area (TPSA) is 120 Å². The first-order chi connectivity index (χ1) is 24.0. The summed E-state index contributed by atoms with van der Waals surface area (Å²) in [6, 6.07) is 26.4. The third-order valence-corrected chi connectivity index (χ3v) is 7.92. The van der Waals surface area contributed by atoms with Crippen molar-refractivity contribution in [1.29, 1.82) is 0 Å². The summed E-state index contributed by atoms with van der Waals surface area (Å²) in [6.07, 6.45) is -0.726. The van der Waals surface area contributed by atoms with Crippen molar-refractivity contribution in [3.05, 3.63) is 131 Å². The fraction of sp³-hybridized carbons (Fsp3) is 0.222. The summed E-state index contributed by atoms with van der Waals surface area (Å²) in [7, 11) is 2.93. The Bertz CT molecular complexity index is 1900. The van der Waals surface area contributed by atoms with Crippen molar-refractivity contribution in [2.24, 2.45) is 11.1 Å². The third kappa shape index (κ3) is 8.98. The normalized spacial score (nSPS) is 14.1. The lowest BCUT2D eigenvalue weighted by molar-refractivity contribution is -0.141. The molecule has 1 saturated carbocycles. The molecule has 0 spiro atoms. The number of nitrogens with one attached hydrogen (secondary N) is 1. The Kier molecular flexibility index (Phi) is 11.4. The molecule has 1 aromatic heterocycles. The summed E-state index contributed by atoms with van der Waals surface area (Å²) in [5, 5.41) is 22.1. The van der Waals surface area contributed by atoms with Gasteiger partial charge in [-0.3, -0.25) is 4.79 Å². The van der Waals surface area contributed by atoms with E-state index in [-0.39, 0.29) is 35.4 Å². The number of ether oxygens (including phenoxy) is 2. The molecule has 2 N–H and O–H groups in total. The lowest BCUT2D eigenvalue weighted by Crippen LogP contribution is -2.36. The number of amides is 1. The van der Waals surface area contributed by atoms with Gasteiger partial charge in [0, 0.05) is 12.1 Å². The molecule has 1 unspecified atom stereocenters. The van der Waals surface area contributed by atoms with Crippen LogP contribution in [-0.4, -0.2) is 45.6 Å². The molecule has 14 heteroatoms. The van der Waals surface area contributed by atoms with Crippen molar-refractivity contribution in [2.45, 2.75) is 31.2 Å². The zero-order valence-corrected chi connectivity index (χ0v) is 27.7. The number of aliphatic hydroxyl groups is 1. The fourth-order valence-electron chi connectivity index (χ4n) is 5.18. The van der Waals surface area contributed by atoms with Crippen molar-refractivity contribution in [1.82, 2.24) is 20.1 Å². The van der Waals surface area contributed by atoms with E-state index in [2.05, 4.69) is 20.6 Å². The first-order valence-electron chi connectivity index (χ1n) is 15.4. The first-order valence-corrected chi connectivity index (χ1v) is 15.7. The smallest absolute Gasteiger partial charge is 0.416 e. The van der Waals surface area contributed by atoms with Crippen LogP contribution in [0.1, 0.15) is 29.5 Å². The van der Waals surface area contributed by atoms with E-state index < -0.39 is 17.3 Å². The Hall–Kier alpha value is -5.40. The molecule has 4 aromatic carbocycles. The molecule has 0 aliphatic heterocycles. The Morgan fingerprint density at radius 2 is 1.60 bits per heavy atom. The van der Waals surface area contributed by atoms with Crippen LogP contribution in [0.3, 0.4) is 0 Å². The summed E-state index contributed by atoms with van der Waals surface area (Å²) >= 11 is 5.82. The summed E-state index contributed by atoms with van der Waals surface area (Å²) in [4.78, 5) is 20.5. The van der Waals surface area contributed by atoms with Gasteiger partial charge in [-0.2, -0.15) is 18.3 Å². The first kappa shape index (κ1) is 35.9. The van der Waals surface area contributed by atoms with E-state index in [9.17, 15) is 23.1 Å². The summed E-state index contributed by atoms with van der Waals surface area (Å²) in [5.41, 5.74) is -2.11. The second kappa shape index (κ2) is 15.9. The zero-order chi connectivity index (χ0) is 35.7. The van der Waals surface area contributed by atoms with Gasteiger partial charge in [-0.1, -0.05) is 53.2 Å². The van der Waals surface area contributed by atoms with E-state index in [4.69, 9.17) is 25.9 Å². The summed E-state index contributed by atoms with van der Waals surface area (Å²) < 4.78 is 54.4. The molecule has 0 saturated heterocycles. The molecule has 50 heavy (non-hydrogen) atoms. The third-order valence-electron chi connectivity index (χ3n) is 7.67. The number of likely N-dealkylation sites (N-methyl/N-ethyl adjacent to an activating group) is 1. The van der Waals surface area contributed by atoms with E-state index >= 15 is 0 Å². The van der Waals surface area contributed by atoms with Crippen LogP contribution in [0, 0.1) is 5.92 Å². The highest BCUT2D eigenvalue weighted by molar-refractivity contribution is 6.45. The van der Waals surface area contributed by atoms with E-state index in [0.717, 1.165) is 6.07 Å². The molecule has 0 bridgehead atoms. The maximum Gasteiger partial charge on any atom is 0.416 e. The number of hydrogen-bond acceptors (Lipinski definition) is 8. The van der Waals surface area contributed by atoms with E-state index in [1.54, 1.807) is 42.5 Å². The number of oxime groups is 1. The lowest BCUT2D eigenvalue weighted by atomic mass is 9.85. The Balaban J connectivity index is 0.000000205. The minimum absolute atomic E-state index is 0.0160. The minimum Gasteiger partial charge on any atom is -0.457 e. The molecule has 0 radical (unpaired) electrons. The van der Waals surface area contributed by atoms with Crippen LogP contribution in [0.25, 0.3) is 0 Å². The maximum atomic E-state index is 13.9. The van der Waals surface area contributed by atoms with Gasteiger partial charge >= 0.3 is 6.18 Å². The predicted octanol–water partition coefficient (Wildman–Crippen LogP) is 7.62. The number of hydrogen-bond donors (Lipinski definition) is 2. The van der Waals surface area contributed by atoms with E-state index in [1.165, 1.54) is 43.6 Å². The van der Waals surface area contributed by atoms with E-state index in [0.29, 0.717) is 40.7 Å². The largest absolute Gasteiger partial charge is 0.457 e. The van der Waals surface area contributed by atoms with Crippen molar-refractivity contribution >= 4 is 23.2 Å². The number of aromatic nitrogens is 3. The van der Waals surface area contributed by atoms with Crippen molar-refractivity contribution < 1.29 is 37.4 Å². The van der Waals surface area contributed by atoms with Crippen molar-refractivity contribution in [3.63, 3.8) is 0 Å². The quantitative estimate of drug-likeness (QED) is 0.107. The summed E-state index contributed by atoms with van der Waals surface area (Å²) in [5.74, 6) is 0.955. The molecule has 5 aromatic rings.